The van der Waals surface area contributed by atoms with Crippen molar-refractivity contribution in [2.75, 3.05) is 0 Å². The Morgan fingerprint density at radius 3 is 2.59 bits per heavy atom. The number of esters is 1. The molecule has 0 spiro atoms. The molecule has 236 valence electrons. The largest absolute Gasteiger partial charge is 0.458 e. The number of amides is 1. The summed E-state index contributed by atoms with van der Waals surface area (Å²) in [7, 11) is 0. The molecule has 9 heteroatoms. The van der Waals surface area contributed by atoms with Gasteiger partial charge in [-0.25, -0.2) is 19.1 Å². The minimum absolute atomic E-state index is 0.0427. The first-order valence-corrected chi connectivity index (χ1v) is 14.8. The normalized spacial score (nSPS) is 17.9. The molecule has 0 fully saturated rings. The molecule has 0 bridgehead atoms. The first kappa shape index (κ1) is 35.7. The number of nitrogens with zero attached hydrogens (tertiary/aromatic N) is 2. The maximum atomic E-state index is 13.1. The third-order valence-corrected chi connectivity index (χ3v) is 6.92. The van der Waals surface area contributed by atoms with Gasteiger partial charge in [0.1, 0.15) is 18.5 Å². The summed E-state index contributed by atoms with van der Waals surface area (Å²) >= 11 is 0. The first-order chi connectivity index (χ1) is 20.8. The van der Waals surface area contributed by atoms with Crippen LogP contribution in [0.25, 0.3) is 0 Å². The molecule has 0 aliphatic carbocycles. The number of Topliss-reactive ketones (excluding diaryl/α,β-unsaturated/α-hetero) is 1. The summed E-state index contributed by atoms with van der Waals surface area (Å²) in [4.78, 5) is 53.7. The summed E-state index contributed by atoms with van der Waals surface area (Å²) in [5.41, 5.74) is 1.10. The van der Waals surface area contributed by atoms with Crippen molar-refractivity contribution in [1.29, 1.82) is 0 Å². The van der Waals surface area contributed by atoms with Crippen LogP contribution in [0, 0.1) is 23.2 Å². The minimum Gasteiger partial charge on any atom is -0.458 e. The average Bonchev–Trinajstić information content (AvgIpc) is 3.51. The van der Waals surface area contributed by atoms with Crippen molar-refractivity contribution in [1.82, 2.24) is 14.9 Å². The van der Waals surface area contributed by atoms with Gasteiger partial charge in [0.05, 0.1) is 6.04 Å². The van der Waals surface area contributed by atoms with Crippen LogP contribution < -0.4 is 5.32 Å². The molecule has 4 atom stereocenters. The zero-order valence-electron chi connectivity index (χ0n) is 26.8. The lowest BCUT2D eigenvalue weighted by Crippen LogP contribution is -2.48. The van der Waals surface area contributed by atoms with Crippen molar-refractivity contribution in [3.05, 3.63) is 78.5 Å². The van der Waals surface area contributed by atoms with Gasteiger partial charge in [0, 0.05) is 55.6 Å². The number of ether oxygens (including phenoxy) is 2. The molecule has 0 aromatic carbocycles. The van der Waals surface area contributed by atoms with E-state index in [-0.39, 0.29) is 36.1 Å². The summed E-state index contributed by atoms with van der Waals surface area (Å²) in [5.74, 6) is 4.99. The number of rotatable bonds is 13. The number of aromatic nitrogens is 2. The highest BCUT2D eigenvalue weighted by Crippen LogP contribution is 2.23. The number of carbonyl (C=O) groups is 4. The van der Waals surface area contributed by atoms with Crippen LogP contribution in [-0.2, 0) is 23.9 Å². The second kappa shape index (κ2) is 17.6. The maximum absolute atomic E-state index is 13.1. The fourth-order valence-corrected chi connectivity index (χ4v) is 4.40. The van der Waals surface area contributed by atoms with Crippen LogP contribution in [-0.4, -0.2) is 51.6 Å². The smallest absolute Gasteiger partial charge is 0.419 e. The van der Waals surface area contributed by atoms with E-state index in [1.54, 1.807) is 38.2 Å². The molecule has 9 nitrogen and oxygen atoms in total. The van der Waals surface area contributed by atoms with Crippen molar-refractivity contribution < 1.29 is 28.7 Å². The van der Waals surface area contributed by atoms with Crippen molar-refractivity contribution in [2.24, 2.45) is 11.3 Å². The Balaban J connectivity index is 1.91. The molecule has 2 rings (SSSR count). The van der Waals surface area contributed by atoms with E-state index in [1.165, 1.54) is 29.4 Å². The summed E-state index contributed by atoms with van der Waals surface area (Å²) in [6.45, 7) is 13.1. The van der Waals surface area contributed by atoms with E-state index >= 15 is 0 Å². The Labute approximate surface area is 261 Å². The van der Waals surface area contributed by atoms with E-state index in [0.717, 1.165) is 5.57 Å². The Kier molecular flexibility index (Phi) is 14.3. The molecule has 44 heavy (non-hydrogen) atoms. The lowest BCUT2D eigenvalue weighted by atomic mass is 9.83. The predicted octanol–water partition coefficient (Wildman–Crippen LogP) is 6.04. The van der Waals surface area contributed by atoms with Crippen LogP contribution in [0.3, 0.4) is 0 Å². The van der Waals surface area contributed by atoms with Gasteiger partial charge in [-0.05, 0) is 26.2 Å². The lowest BCUT2D eigenvalue weighted by molar-refractivity contribution is -0.147. The summed E-state index contributed by atoms with van der Waals surface area (Å²) in [6, 6.07) is -0.701. The molecule has 1 aromatic rings. The molecule has 0 radical (unpaired) electrons. The van der Waals surface area contributed by atoms with Gasteiger partial charge in [0.15, 0.2) is 5.78 Å². The number of imidazole rings is 1. The van der Waals surface area contributed by atoms with Crippen LogP contribution in [0.15, 0.2) is 78.5 Å². The van der Waals surface area contributed by atoms with Crippen LogP contribution in [0.1, 0.15) is 74.1 Å². The number of hydrogen-bond acceptors (Lipinski definition) is 7. The molecular formula is C35H45N3O6. The van der Waals surface area contributed by atoms with Gasteiger partial charge in [0.25, 0.3) is 0 Å². The quantitative estimate of drug-likeness (QED) is 0.0960. The molecule has 1 amide bonds. The molecule has 1 aliphatic heterocycles. The standard InChI is InChI=1S/C35H45N3O6/c1-8-9-15-28(43-34(42)38-22-21-36-24-38)16-11-12-17-29(39)32(35(5,6)7)37-31(40)18-13-10-14-25(2)23-27(4)30-20-19-26(3)33(41)44-30/h10-14,18-19,21-24,27-28,30,32H,15-17,20H2,1-7H3,(H,37,40)/b12-11-,14-10-,18-13-,25-23+/t27-,28-,30-,32+/m0/s1. The van der Waals surface area contributed by atoms with E-state index in [9.17, 15) is 19.2 Å². The highest BCUT2D eigenvalue weighted by atomic mass is 16.6. The molecule has 0 saturated carbocycles. The monoisotopic (exact) mass is 603 g/mol. The van der Waals surface area contributed by atoms with Gasteiger partial charge in [-0.1, -0.05) is 81.7 Å². The summed E-state index contributed by atoms with van der Waals surface area (Å²) in [5, 5.41) is 2.84. The highest BCUT2D eigenvalue weighted by molar-refractivity contribution is 5.94. The molecular weight excluding hydrogens is 558 g/mol. The van der Waals surface area contributed by atoms with Crippen LogP contribution in [0.4, 0.5) is 4.79 Å². The van der Waals surface area contributed by atoms with Crippen molar-refractivity contribution in [2.45, 2.75) is 92.4 Å². The van der Waals surface area contributed by atoms with E-state index in [0.29, 0.717) is 24.8 Å². The zero-order chi connectivity index (χ0) is 32.7. The second-order valence-corrected chi connectivity index (χ2v) is 11.8. The average molecular weight is 604 g/mol. The van der Waals surface area contributed by atoms with Crippen LogP contribution in [0.2, 0.25) is 0 Å². The number of hydrogen-bond donors (Lipinski definition) is 1. The predicted molar refractivity (Wildman–Crippen MR) is 170 cm³/mol. The van der Waals surface area contributed by atoms with Crippen molar-refractivity contribution in [3.8, 4) is 11.8 Å². The van der Waals surface area contributed by atoms with Gasteiger partial charge in [0.2, 0.25) is 5.91 Å². The lowest BCUT2D eigenvalue weighted by Gasteiger charge is -2.29. The van der Waals surface area contributed by atoms with E-state index in [2.05, 4.69) is 22.1 Å². The zero-order valence-corrected chi connectivity index (χ0v) is 26.8. The van der Waals surface area contributed by atoms with Crippen LogP contribution >= 0.6 is 0 Å². The first-order valence-electron chi connectivity index (χ1n) is 14.8. The van der Waals surface area contributed by atoms with Gasteiger partial charge in [-0.3, -0.25) is 9.59 Å². The summed E-state index contributed by atoms with van der Waals surface area (Å²) < 4.78 is 12.3. The van der Waals surface area contributed by atoms with Gasteiger partial charge in [-0.2, -0.15) is 0 Å². The number of carbonyl (C=O) groups excluding carboxylic acids is 4. The fraction of sp³-hybridized carbons (Fsp3) is 0.457. The fourth-order valence-electron chi connectivity index (χ4n) is 4.40. The van der Waals surface area contributed by atoms with Crippen LogP contribution in [0.5, 0.6) is 0 Å². The Hall–Kier alpha value is -4.45. The number of cyclic esters (lactones) is 1. The van der Waals surface area contributed by atoms with Gasteiger partial charge in [-0.15, -0.1) is 5.92 Å². The van der Waals surface area contributed by atoms with E-state index < -0.39 is 23.7 Å². The third-order valence-electron chi connectivity index (χ3n) is 6.92. The third kappa shape index (κ3) is 12.4. The maximum Gasteiger partial charge on any atom is 0.419 e. The molecule has 0 saturated heterocycles. The number of nitrogens with one attached hydrogen (secondary N) is 1. The molecule has 1 N–H and O–H groups in total. The van der Waals surface area contributed by atoms with Gasteiger partial charge < -0.3 is 14.8 Å². The summed E-state index contributed by atoms with van der Waals surface area (Å²) in [6.07, 6.45) is 18.8. The Morgan fingerprint density at radius 1 is 1.23 bits per heavy atom. The second-order valence-electron chi connectivity index (χ2n) is 11.8. The number of allylic oxidation sites excluding steroid dienone is 5. The topological polar surface area (TPSA) is 117 Å². The Morgan fingerprint density at radius 2 is 1.95 bits per heavy atom. The molecule has 0 unspecified atom stereocenters. The SMILES string of the molecule is CC#CC[C@@H](C/C=C\CC(=O)[C@@H](NC(=O)\C=C/C=C\C(C)=C\[C@H](C)[C@@H]1CC=C(C)C(=O)O1)C(C)(C)C)OC(=O)n1ccnc1. The molecule has 1 aromatic heterocycles. The van der Waals surface area contributed by atoms with Crippen molar-refractivity contribution >= 4 is 23.8 Å². The molecule has 1 aliphatic rings. The van der Waals surface area contributed by atoms with E-state index in [4.69, 9.17) is 9.47 Å². The van der Waals surface area contributed by atoms with E-state index in [1.807, 2.05) is 52.8 Å². The van der Waals surface area contributed by atoms with Gasteiger partial charge >= 0.3 is 12.1 Å². The molecule has 2 heterocycles. The minimum atomic E-state index is -0.701. The number of ketones is 1. The Bertz CT molecular complexity index is 1360. The van der Waals surface area contributed by atoms with Crippen molar-refractivity contribution in [3.63, 3.8) is 0 Å². The highest BCUT2D eigenvalue weighted by Gasteiger charge is 2.31.